The number of hydrogen-bond donors (Lipinski definition) is 2. The molecule has 0 radical (unpaired) electrons. The van der Waals surface area contributed by atoms with Crippen LogP contribution in [0.3, 0.4) is 0 Å². The Bertz CT molecular complexity index is 174. The molecule has 0 aromatic heterocycles. The summed E-state index contributed by atoms with van der Waals surface area (Å²) in [5.74, 6) is -0.401. The number of ether oxygens (including phenoxy) is 2. The quantitative estimate of drug-likeness (QED) is 0.544. The minimum atomic E-state index is -0.431. The zero-order chi connectivity index (χ0) is 9.14. The largest absolute Gasteiger partial charge is 0.377 e. The number of nitrogens with two attached hydrogens (primary N) is 1. The lowest BCUT2D eigenvalue weighted by Crippen LogP contribution is -2.45. The molecule has 1 aliphatic heterocycles. The van der Waals surface area contributed by atoms with Crippen molar-refractivity contribution in [2.75, 3.05) is 20.8 Å². The van der Waals surface area contributed by atoms with Crippen LogP contribution in [0.2, 0.25) is 0 Å². The standard InChI is InChI=1S/C7H14N2O3/c1-11-4-3-9-5(7(8)10)6(4)12-2/h4-6,9H,3H2,1-2H3,(H2,8,10)/t4-,5-,6-/m1/s1. The Labute approximate surface area is 71.2 Å². The lowest BCUT2D eigenvalue weighted by molar-refractivity contribution is -0.123. The third-order valence-corrected chi connectivity index (χ3v) is 2.12. The number of carbonyl (C=O) groups is 1. The lowest BCUT2D eigenvalue weighted by atomic mass is 10.1. The van der Waals surface area contributed by atoms with Crippen molar-refractivity contribution in [2.24, 2.45) is 5.73 Å². The van der Waals surface area contributed by atoms with Crippen LogP contribution in [-0.4, -0.2) is 44.9 Å². The van der Waals surface area contributed by atoms with E-state index in [0.717, 1.165) is 0 Å². The molecule has 3 N–H and O–H groups in total. The minimum Gasteiger partial charge on any atom is -0.377 e. The molecule has 0 unspecified atom stereocenters. The summed E-state index contributed by atoms with van der Waals surface area (Å²) < 4.78 is 10.2. The molecule has 1 fully saturated rings. The summed E-state index contributed by atoms with van der Waals surface area (Å²) in [4.78, 5) is 10.9. The molecule has 3 atom stereocenters. The Morgan fingerprint density at radius 2 is 2.17 bits per heavy atom. The Kier molecular flexibility index (Phi) is 3.02. The van der Waals surface area contributed by atoms with Gasteiger partial charge in [-0.3, -0.25) is 4.79 Å². The van der Waals surface area contributed by atoms with E-state index in [-0.39, 0.29) is 12.2 Å². The fourth-order valence-corrected chi connectivity index (χ4v) is 1.46. The maximum atomic E-state index is 10.9. The van der Waals surface area contributed by atoms with E-state index in [2.05, 4.69) is 5.32 Å². The number of primary amides is 1. The van der Waals surface area contributed by atoms with E-state index < -0.39 is 11.9 Å². The maximum absolute atomic E-state index is 10.9. The third-order valence-electron chi connectivity index (χ3n) is 2.12. The van der Waals surface area contributed by atoms with Crippen molar-refractivity contribution in [2.45, 2.75) is 18.2 Å². The zero-order valence-corrected chi connectivity index (χ0v) is 7.24. The molecule has 70 valence electrons. The van der Waals surface area contributed by atoms with Gasteiger partial charge in [-0.05, 0) is 0 Å². The normalized spacial score (nSPS) is 35.3. The average molecular weight is 174 g/mol. The van der Waals surface area contributed by atoms with Crippen LogP contribution in [0.15, 0.2) is 0 Å². The summed E-state index contributed by atoms with van der Waals surface area (Å²) in [6, 6.07) is -0.431. The van der Waals surface area contributed by atoms with E-state index in [1.54, 1.807) is 14.2 Å². The molecule has 1 heterocycles. The maximum Gasteiger partial charge on any atom is 0.237 e. The molecule has 1 aliphatic rings. The van der Waals surface area contributed by atoms with E-state index in [4.69, 9.17) is 15.2 Å². The van der Waals surface area contributed by atoms with Crippen molar-refractivity contribution in [3.63, 3.8) is 0 Å². The van der Waals surface area contributed by atoms with Crippen molar-refractivity contribution >= 4 is 5.91 Å². The second kappa shape index (κ2) is 3.84. The van der Waals surface area contributed by atoms with E-state index in [0.29, 0.717) is 6.54 Å². The first-order chi connectivity index (χ1) is 5.70. The van der Waals surface area contributed by atoms with Crippen molar-refractivity contribution in [1.29, 1.82) is 0 Å². The van der Waals surface area contributed by atoms with E-state index in [9.17, 15) is 4.79 Å². The topological polar surface area (TPSA) is 73.6 Å². The molecular formula is C7H14N2O3. The lowest BCUT2D eigenvalue weighted by Gasteiger charge is -2.18. The third kappa shape index (κ3) is 1.57. The zero-order valence-electron chi connectivity index (χ0n) is 7.24. The number of hydrogen-bond acceptors (Lipinski definition) is 4. The van der Waals surface area contributed by atoms with Crippen LogP contribution in [-0.2, 0) is 14.3 Å². The Hall–Kier alpha value is -0.650. The van der Waals surface area contributed by atoms with Gasteiger partial charge in [0.15, 0.2) is 0 Å². The average Bonchev–Trinajstić information content (AvgIpc) is 2.46. The summed E-state index contributed by atoms with van der Waals surface area (Å²) in [5, 5.41) is 2.93. The predicted molar refractivity (Wildman–Crippen MR) is 42.6 cm³/mol. The van der Waals surface area contributed by atoms with Gasteiger partial charge in [-0.25, -0.2) is 0 Å². The highest BCUT2D eigenvalue weighted by Crippen LogP contribution is 2.13. The van der Waals surface area contributed by atoms with Gasteiger partial charge in [-0.1, -0.05) is 0 Å². The molecule has 0 saturated carbocycles. The van der Waals surface area contributed by atoms with Gasteiger partial charge in [0.1, 0.15) is 12.1 Å². The molecule has 5 nitrogen and oxygen atoms in total. The van der Waals surface area contributed by atoms with E-state index in [1.165, 1.54) is 0 Å². The fourth-order valence-electron chi connectivity index (χ4n) is 1.46. The molecule has 0 spiro atoms. The van der Waals surface area contributed by atoms with Gasteiger partial charge in [0, 0.05) is 20.8 Å². The van der Waals surface area contributed by atoms with Crippen LogP contribution < -0.4 is 11.1 Å². The van der Waals surface area contributed by atoms with Gasteiger partial charge in [-0.15, -0.1) is 0 Å². The highest BCUT2D eigenvalue weighted by molar-refractivity contribution is 5.81. The van der Waals surface area contributed by atoms with Crippen molar-refractivity contribution < 1.29 is 14.3 Å². The summed E-state index contributed by atoms with van der Waals surface area (Å²) >= 11 is 0. The van der Waals surface area contributed by atoms with Crippen molar-refractivity contribution in [3.8, 4) is 0 Å². The van der Waals surface area contributed by atoms with Gasteiger partial charge < -0.3 is 20.5 Å². The van der Waals surface area contributed by atoms with Gasteiger partial charge in [0.2, 0.25) is 5.91 Å². The Balaban J connectivity index is 2.62. The first-order valence-corrected chi connectivity index (χ1v) is 3.79. The van der Waals surface area contributed by atoms with Gasteiger partial charge >= 0.3 is 0 Å². The van der Waals surface area contributed by atoms with E-state index in [1.807, 2.05) is 0 Å². The Morgan fingerprint density at radius 3 is 2.58 bits per heavy atom. The smallest absolute Gasteiger partial charge is 0.237 e. The molecule has 12 heavy (non-hydrogen) atoms. The summed E-state index contributed by atoms with van der Waals surface area (Å²) in [6.45, 7) is 0.600. The van der Waals surface area contributed by atoms with Gasteiger partial charge in [0.05, 0.1) is 6.10 Å². The summed E-state index contributed by atoms with van der Waals surface area (Å²) in [6.07, 6.45) is -0.361. The Morgan fingerprint density at radius 1 is 1.50 bits per heavy atom. The van der Waals surface area contributed by atoms with Crippen LogP contribution in [0.4, 0.5) is 0 Å². The molecule has 0 aliphatic carbocycles. The van der Waals surface area contributed by atoms with Crippen molar-refractivity contribution in [1.82, 2.24) is 5.32 Å². The SMILES string of the molecule is CO[C@@H]1[C@H](OC)CN[C@H]1C(N)=O. The molecule has 5 heteroatoms. The van der Waals surface area contributed by atoms with Crippen LogP contribution in [0, 0.1) is 0 Å². The van der Waals surface area contributed by atoms with Gasteiger partial charge in [-0.2, -0.15) is 0 Å². The summed E-state index contributed by atoms with van der Waals surface area (Å²) in [5.41, 5.74) is 5.14. The monoisotopic (exact) mass is 174 g/mol. The first kappa shape index (κ1) is 9.44. The van der Waals surface area contributed by atoms with E-state index >= 15 is 0 Å². The molecular weight excluding hydrogens is 160 g/mol. The second-order valence-electron chi connectivity index (χ2n) is 2.76. The van der Waals surface area contributed by atoms with Crippen LogP contribution in [0.25, 0.3) is 0 Å². The molecule has 1 saturated heterocycles. The highest BCUT2D eigenvalue weighted by atomic mass is 16.5. The molecule has 1 amide bonds. The molecule has 0 aromatic carbocycles. The molecule has 0 bridgehead atoms. The van der Waals surface area contributed by atoms with Crippen LogP contribution in [0.5, 0.6) is 0 Å². The number of nitrogens with one attached hydrogen (secondary N) is 1. The first-order valence-electron chi connectivity index (χ1n) is 3.79. The minimum absolute atomic E-state index is 0.0903. The van der Waals surface area contributed by atoms with Crippen LogP contribution >= 0.6 is 0 Å². The summed E-state index contributed by atoms with van der Waals surface area (Å²) in [7, 11) is 3.13. The number of amides is 1. The van der Waals surface area contributed by atoms with Gasteiger partial charge in [0.25, 0.3) is 0 Å². The van der Waals surface area contributed by atoms with Crippen molar-refractivity contribution in [3.05, 3.63) is 0 Å². The predicted octanol–water partition coefficient (Wildman–Crippen LogP) is -1.53. The molecule has 0 aromatic rings. The fraction of sp³-hybridized carbons (Fsp3) is 0.857. The number of rotatable bonds is 3. The number of methoxy groups -OCH3 is 2. The highest BCUT2D eigenvalue weighted by Gasteiger charge is 2.39. The second-order valence-corrected chi connectivity index (χ2v) is 2.76. The number of carbonyl (C=O) groups excluding carboxylic acids is 1. The van der Waals surface area contributed by atoms with Crippen LogP contribution in [0.1, 0.15) is 0 Å². The molecule has 1 rings (SSSR count).